The fourth-order valence-electron chi connectivity index (χ4n) is 0.485. The van der Waals surface area contributed by atoms with E-state index in [2.05, 4.69) is 6.58 Å². The Balaban J connectivity index is 3.98. The molecule has 0 fully saturated rings. The van der Waals surface area contributed by atoms with Gasteiger partial charge in [-0.25, -0.2) is 4.90 Å². The Morgan fingerprint density at radius 2 is 2.22 bits per heavy atom. The molecule has 4 nitrogen and oxygen atoms in total. The van der Waals surface area contributed by atoms with Gasteiger partial charge in [0.2, 0.25) is 0 Å². The van der Waals surface area contributed by atoms with E-state index in [0.717, 1.165) is 0 Å². The maximum absolute atomic E-state index is 10.1. The summed E-state index contributed by atoms with van der Waals surface area (Å²) in [6.45, 7) is 3.32. The molecule has 0 aromatic heterocycles. The second kappa shape index (κ2) is 3.19. The Hall–Kier alpha value is -0.900. The molecule has 0 aliphatic carbocycles. The van der Waals surface area contributed by atoms with Gasteiger partial charge in [0.25, 0.3) is 6.17 Å². The van der Waals surface area contributed by atoms with Crippen LogP contribution in [0.15, 0.2) is 12.7 Å². The van der Waals surface area contributed by atoms with Gasteiger partial charge in [-0.1, -0.05) is 6.58 Å². The van der Waals surface area contributed by atoms with E-state index in [9.17, 15) is 10.1 Å². The van der Waals surface area contributed by atoms with Gasteiger partial charge in [-0.3, -0.25) is 10.1 Å². The van der Waals surface area contributed by atoms with Crippen LogP contribution in [-0.2, 0) is 0 Å². The zero-order valence-electron chi connectivity index (χ0n) is 5.57. The minimum absolute atomic E-state index is 0.396. The summed E-state index contributed by atoms with van der Waals surface area (Å²) in [6.07, 6.45) is 0.532. The quantitative estimate of drug-likeness (QED) is 0.239. The van der Waals surface area contributed by atoms with Crippen molar-refractivity contribution in [3.05, 3.63) is 22.8 Å². The van der Waals surface area contributed by atoms with Crippen LogP contribution in [0.1, 0.15) is 0 Å². The molecule has 0 aromatic carbocycles. The summed E-state index contributed by atoms with van der Waals surface area (Å²) in [5.74, 6) is 0. The van der Waals surface area contributed by atoms with Crippen LogP contribution in [0.3, 0.4) is 0 Å². The lowest BCUT2D eigenvalue weighted by atomic mass is 10.5. The Morgan fingerprint density at radius 1 is 1.78 bits per heavy atom. The summed E-state index contributed by atoms with van der Waals surface area (Å²) in [5.41, 5.74) is 0. The molecule has 0 radical (unpaired) electrons. The van der Waals surface area contributed by atoms with Crippen molar-refractivity contribution in [1.82, 2.24) is 4.90 Å². The Morgan fingerprint density at radius 3 is 2.22 bits per heavy atom. The van der Waals surface area contributed by atoms with Gasteiger partial charge in [0, 0.05) is 4.92 Å². The predicted molar refractivity (Wildman–Crippen MR) is 34.7 cm³/mol. The summed E-state index contributed by atoms with van der Waals surface area (Å²) in [7, 11) is 3.27. The molecular weight excluding hydrogens is 120 g/mol. The van der Waals surface area contributed by atoms with E-state index in [-0.39, 0.29) is 0 Å². The van der Waals surface area contributed by atoms with Gasteiger partial charge < -0.3 is 0 Å². The molecule has 52 valence electrons. The first-order valence-electron chi connectivity index (χ1n) is 2.52. The number of rotatable bonds is 3. The van der Waals surface area contributed by atoms with Gasteiger partial charge in [0.1, 0.15) is 0 Å². The van der Waals surface area contributed by atoms with Crippen molar-refractivity contribution in [1.29, 1.82) is 0 Å². The van der Waals surface area contributed by atoms with Crippen molar-refractivity contribution in [3.63, 3.8) is 0 Å². The number of hydrogen-bond donors (Lipinski definition) is 0. The molecule has 0 aliphatic rings. The molecule has 0 amide bonds. The Kier molecular flexibility index (Phi) is 2.87. The first kappa shape index (κ1) is 8.10. The molecule has 4 heteroatoms. The molecule has 1 unspecified atom stereocenters. The van der Waals surface area contributed by atoms with Gasteiger partial charge in [-0.15, -0.1) is 0 Å². The minimum Gasteiger partial charge on any atom is -0.262 e. The predicted octanol–water partition coefficient (Wildman–Crippen LogP) is 0.337. The maximum atomic E-state index is 10.1. The summed E-state index contributed by atoms with van der Waals surface area (Å²) < 4.78 is 0. The SMILES string of the molecule is C=CC(N(C)C)[N+](=O)[O-]. The molecule has 0 rings (SSSR count). The van der Waals surface area contributed by atoms with Crippen LogP contribution in [0.5, 0.6) is 0 Å². The first-order valence-corrected chi connectivity index (χ1v) is 2.52. The summed E-state index contributed by atoms with van der Waals surface area (Å²) in [4.78, 5) is 11.1. The van der Waals surface area contributed by atoms with E-state index < -0.39 is 11.1 Å². The van der Waals surface area contributed by atoms with Gasteiger partial charge in [-0.05, 0) is 20.2 Å². The third-order valence-corrected chi connectivity index (χ3v) is 0.956. The van der Waals surface area contributed by atoms with Crippen molar-refractivity contribution in [2.75, 3.05) is 14.1 Å². The Labute approximate surface area is 53.9 Å². The van der Waals surface area contributed by atoms with Gasteiger partial charge in [0.05, 0.1) is 0 Å². The van der Waals surface area contributed by atoms with Crippen LogP contribution in [0, 0.1) is 10.1 Å². The highest BCUT2D eigenvalue weighted by Gasteiger charge is 2.16. The lowest BCUT2D eigenvalue weighted by Gasteiger charge is -2.10. The molecule has 0 aromatic rings. The van der Waals surface area contributed by atoms with E-state index in [0.29, 0.717) is 0 Å². The molecular formula is C5H10N2O2. The van der Waals surface area contributed by atoms with E-state index in [1.54, 1.807) is 14.1 Å². The average Bonchev–Trinajstić information content (AvgIpc) is 1.64. The van der Waals surface area contributed by atoms with E-state index in [4.69, 9.17) is 0 Å². The van der Waals surface area contributed by atoms with Crippen LogP contribution in [-0.4, -0.2) is 30.1 Å². The highest BCUT2D eigenvalue weighted by atomic mass is 16.6. The number of hydrogen-bond acceptors (Lipinski definition) is 3. The van der Waals surface area contributed by atoms with Crippen LogP contribution in [0.4, 0.5) is 0 Å². The summed E-state index contributed by atoms with van der Waals surface area (Å²) in [5, 5.41) is 10.1. The summed E-state index contributed by atoms with van der Waals surface area (Å²) >= 11 is 0. The highest BCUT2D eigenvalue weighted by Crippen LogP contribution is 1.93. The van der Waals surface area contributed by atoms with Crippen molar-refractivity contribution in [2.45, 2.75) is 6.17 Å². The van der Waals surface area contributed by atoms with Crippen LogP contribution in [0.2, 0.25) is 0 Å². The number of nitro groups is 1. The minimum atomic E-state index is -0.759. The molecule has 0 spiro atoms. The normalized spacial score (nSPS) is 13.2. The van der Waals surface area contributed by atoms with Crippen LogP contribution >= 0.6 is 0 Å². The smallest absolute Gasteiger partial charge is 0.262 e. The van der Waals surface area contributed by atoms with E-state index >= 15 is 0 Å². The summed E-state index contributed by atoms with van der Waals surface area (Å²) in [6, 6.07) is 0. The molecule has 0 heterocycles. The molecule has 9 heavy (non-hydrogen) atoms. The molecule has 0 saturated carbocycles. The monoisotopic (exact) mass is 130 g/mol. The topological polar surface area (TPSA) is 46.4 Å². The largest absolute Gasteiger partial charge is 0.286 e. The average molecular weight is 130 g/mol. The van der Waals surface area contributed by atoms with E-state index in [1.165, 1.54) is 11.0 Å². The molecule has 0 N–H and O–H groups in total. The van der Waals surface area contributed by atoms with Crippen molar-refractivity contribution >= 4 is 0 Å². The van der Waals surface area contributed by atoms with Crippen LogP contribution in [0.25, 0.3) is 0 Å². The second-order valence-corrected chi connectivity index (χ2v) is 1.90. The molecule has 0 saturated heterocycles. The van der Waals surface area contributed by atoms with Crippen molar-refractivity contribution in [3.8, 4) is 0 Å². The lowest BCUT2D eigenvalue weighted by molar-refractivity contribution is -0.533. The second-order valence-electron chi connectivity index (χ2n) is 1.90. The highest BCUT2D eigenvalue weighted by molar-refractivity contribution is 4.75. The molecule has 0 bridgehead atoms. The molecule has 0 aliphatic heterocycles. The van der Waals surface area contributed by atoms with Gasteiger partial charge in [0.15, 0.2) is 0 Å². The number of nitrogens with zero attached hydrogens (tertiary/aromatic N) is 2. The van der Waals surface area contributed by atoms with E-state index in [1.807, 2.05) is 0 Å². The lowest BCUT2D eigenvalue weighted by Crippen LogP contribution is -2.32. The Bertz CT molecular complexity index is 122. The number of likely N-dealkylation sites (N-methyl/N-ethyl adjacent to an activating group) is 1. The van der Waals surface area contributed by atoms with Crippen molar-refractivity contribution in [2.24, 2.45) is 0 Å². The zero-order chi connectivity index (χ0) is 7.44. The molecule has 1 atom stereocenters. The van der Waals surface area contributed by atoms with Crippen LogP contribution < -0.4 is 0 Å². The standard InChI is InChI=1S/C5H10N2O2/c1-4-5(6(2)3)7(8)9/h4-5H,1H2,2-3H3. The van der Waals surface area contributed by atoms with Crippen molar-refractivity contribution < 1.29 is 4.92 Å². The fourth-order valence-corrected chi connectivity index (χ4v) is 0.485. The zero-order valence-corrected chi connectivity index (χ0v) is 5.57. The fraction of sp³-hybridized carbons (Fsp3) is 0.600. The third-order valence-electron chi connectivity index (χ3n) is 0.956. The third kappa shape index (κ3) is 2.23. The van der Waals surface area contributed by atoms with Gasteiger partial charge >= 0.3 is 0 Å². The van der Waals surface area contributed by atoms with Gasteiger partial charge in [-0.2, -0.15) is 0 Å². The first-order chi connectivity index (χ1) is 4.09. The maximum Gasteiger partial charge on any atom is 0.286 e.